The predicted molar refractivity (Wildman–Crippen MR) is 183 cm³/mol. The van der Waals surface area contributed by atoms with Gasteiger partial charge in [0.25, 0.3) is 5.91 Å². The summed E-state index contributed by atoms with van der Waals surface area (Å²) in [5.74, 6) is -0.659. The Balaban J connectivity index is 1.61. The number of hydrogen-bond acceptors (Lipinski definition) is 9. The molecule has 3 aromatic carbocycles. The van der Waals surface area contributed by atoms with Crippen LogP contribution in [0.2, 0.25) is 0 Å². The molecule has 1 aliphatic heterocycles. The zero-order valence-corrected chi connectivity index (χ0v) is 28.8. The average molecular weight is 679 g/mol. The second-order valence-corrected chi connectivity index (χ2v) is 13.4. The first-order chi connectivity index (χ1) is 23.4. The topological polar surface area (TPSA) is 138 Å². The summed E-state index contributed by atoms with van der Waals surface area (Å²) in [5.41, 5.74) is -0.395. The summed E-state index contributed by atoms with van der Waals surface area (Å²) < 4.78 is 24.1. The highest BCUT2D eigenvalue weighted by Crippen LogP contribution is 2.29. The molecule has 0 spiro atoms. The number of benzene rings is 3. The zero-order chi connectivity index (χ0) is 35.4. The maximum absolute atomic E-state index is 14.0. The molecule has 11 heteroatoms. The zero-order valence-electron chi connectivity index (χ0n) is 28.8. The molecule has 11 nitrogen and oxygen atoms in total. The molecule has 1 aliphatic rings. The molecular formula is C38H50N2O9. The maximum Gasteiger partial charge on any atom is 0.410 e. The first-order valence-corrected chi connectivity index (χ1v) is 16.7. The lowest BCUT2D eigenvalue weighted by Crippen LogP contribution is -2.64. The molecule has 0 unspecified atom stereocenters. The Kier molecular flexibility index (Phi) is 13.7. The summed E-state index contributed by atoms with van der Waals surface area (Å²) in [6, 6.07) is 27.8. The number of aliphatic hydroxyl groups is 3. The standard InChI is InChI=1S/C38H50N2O9/c1-28(41)38(45,27-46-24-29-14-8-5-9-15-29)34(48-26-31-18-12-7-13-19-31)33(47-25-30-16-10-6-11-17-30)32(42)35(43)39-20-22-40(23-21-39)36(44)49-37(2,3)4/h5-19,28,32-34,41-42,45H,20-27H2,1-4H3/t28-,32-,33-,34+,38-/m1/s1. The third-order valence-corrected chi connectivity index (χ3v) is 8.32. The van der Waals surface area contributed by atoms with Gasteiger partial charge in [-0.1, -0.05) is 91.0 Å². The second-order valence-electron chi connectivity index (χ2n) is 13.4. The van der Waals surface area contributed by atoms with Crippen LogP contribution in [0.25, 0.3) is 0 Å². The van der Waals surface area contributed by atoms with E-state index in [1.807, 2.05) is 91.0 Å². The van der Waals surface area contributed by atoms with Gasteiger partial charge in [-0.05, 0) is 44.4 Å². The normalized spacial score (nSPS) is 17.4. The van der Waals surface area contributed by atoms with Crippen LogP contribution >= 0.6 is 0 Å². The summed E-state index contributed by atoms with van der Waals surface area (Å²) >= 11 is 0. The summed E-state index contributed by atoms with van der Waals surface area (Å²) in [7, 11) is 0. The van der Waals surface area contributed by atoms with E-state index in [9.17, 15) is 24.9 Å². The lowest BCUT2D eigenvalue weighted by atomic mass is 9.85. The molecule has 3 aromatic rings. The number of aliphatic hydroxyl groups excluding tert-OH is 2. The third kappa shape index (κ3) is 11.1. The van der Waals surface area contributed by atoms with Gasteiger partial charge in [0.2, 0.25) is 0 Å². The minimum absolute atomic E-state index is 0.0140. The van der Waals surface area contributed by atoms with Gasteiger partial charge >= 0.3 is 6.09 Å². The molecule has 0 saturated carbocycles. The van der Waals surface area contributed by atoms with Gasteiger partial charge in [0.15, 0.2) is 6.10 Å². The SMILES string of the molecule is C[C@@H](O)[C@](O)(COCc1ccccc1)[C@@H](OCc1ccccc1)[C@H](OCc1ccccc1)[C@@H](O)C(=O)N1CCN(C(=O)OC(C)(C)C)CC1. The van der Waals surface area contributed by atoms with E-state index in [-0.39, 0.29) is 52.6 Å². The van der Waals surface area contributed by atoms with Crippen molar-refractivity contribution in [2.75, 3.05) is 32.8 Å². The molecule has 266 valence electrons. The minimum Gasteiger partial charge on any atom is -0.444 e. The van der Waals surface area contributed by atoms with Crippen molar-refractivity contribution in [3.05, 3.63) is 108 Å². The van der Waals surface area contributed by atoms with E-state index >= 15 is 0 Å². The molecule has 5 atom stereocenters. The Bertz CT molecular complexity index is 1430. The van der Waals surface area contributed by atoms with Crippen LogP contribution in [-0.2, 0) is 43.6 Å². The predicted octanol–water partition coefficient (Wildman–Crippen LogP) is 3.93. The van der Waals surface area contributed by atoms with Crippen LogP contribution in [0.1, 0.15) is 44.4 Å². The van der Waals surface area contributed by atoms with Crippen LogP contribution < -0.4 is 0 Å². The van der Waals surface area contributed by atoms with Gasteiger partial charge in [-0.15, -0.1) is 0 Å². The Hall–Kier alpha value is -3.84. The smallest absolute Gasteiger partial charge is 0.410 e. The Morgan fingerprint density at radius 1 is 0.714 bits per heavy atom. The van der Waals surface area contributed by atoms with E-state index in [2.05, 4.69) is 0 Å². The average Bonchev–Trinajstić information content (AvgIpc) is 3.09. The Morgan fingerprint density at radius 2 is 1.16 bits per heavy atom. The number of piperazine rings is 1. The molecule has 2 amide bonds. The summed E-state index contributed by atoms with van der Waals surface area (Å²) in [6.07, 6.45) is -6.59. The number of ether oxygens (including phenoxy) is 4. The molecule has 0 radical (unpaired) electrons. The number of rotatable bonds is 15. The molecule has 1 heterocycles. The Morgan fingerprint density at radius 3 is 1.63 bits per heavy atom. The maximum atomic E-state index is 14.0. The van der Waals surface area contributed by atoms with Crippen LogP contribution in [0.15, 0.2) is 91.0 Å². The monoisotopic (exact) mass is 678 g/mol. The molecule has 0 aromatic heterocycles. The first kappa shape index (κ1) is 38.0. The number of carbonyl (C=O) groups excluding carboxylic acids is 2. The first-order valence-electron chi connectivity index (χ1n) is 16.7. The lowest BCUT2D eigenvalue weighted by Gasteiger charge is -2.44. The highest BCUT2D eigenvalue weighted by atomic mass is 16.6. The quantitative estimate of drug-likeness (QED) is 0.218. The number of hydrogen-bond donors (Lipinski definition) is 3. The van der Waals surface area contributed by atoms with Gasteiger partial charge in [0, 0.05) is 26.2 Å². The molecule has 3 N–H and O–H groups in total. The minimum atomic E-state index is -2.12. The number of amides is 2. The van der Waals surface area contributed by atoms with E-state index in [1.54, 1.807) is 20.8 Å². The number of nitrogens with zero attached hydrogens (tertiary/aromatic N) is 2. The summed E-state index contributed by atoms with van der Waals surface area (Å²) in [5, 5.41) is 35.2. The van der Waals surface area contributed by atoms with E-state index < -0.39 is 47.6 Å². The van der Waals surface area contributed by atoms with Crippen LogP contribution in [0.3, 0.4) is 0 Å². The van der Waals surface area contributed by atoms with Crippen molar-refractivity contribution in [1.29, 1.82) is 0 Å². The van der Waals surface area contributed by atoms with E-state index in [4.69, 9.17) is 18.9 Å². The van der Waals surface area contributed by atoms with Crippen molar-refractivity contribution in [1.82, 2.24) is 9.80 Å². The molecule has 0 aliphatic carbocycles. The molecule has 1 fully saturated rings. The fourth-order valence-electron chi connectivity index (χ4n) is 5.51. The van der Waals surface area contributed by atoms with Gasteiger partial charge in [-0.25, -0.2) is 4.79 Å². The van der Waals surface area contributed by atoms with Crippen LogP contribution in [0.4, 0.5) is 4.79 Å². The van der Waals surface area contributed by atoms with Crippen molar-refractivity contribution in [2.45, 2.75) is 83.1 Å². The van der Waals surface area contributed by atoms with Crippen molar-refractivity contribution >= 4 is 12.0 Å². The van der Waals surface area contributed by atoms with Gasteiger partial charge in [-0.3, -0.25) is 4.79 Å². The van der Waals surface area contributed by atoms with E-state index in [0.29, 0.717) is 0 Å². The van der Waals surface area contributed by atoms with Crippen molar-refractivity contribution in [3.63, 3.8) is 0 Å². The fourth-order valence-corrected chi connectivity index (χ4v) is 5.51. The van der Waals surface area contributed by atoms with Crippen molar-refractivity contribution in [2.24, 2.45) is 0 Å². The Labute approximate surface area is 289 Å². The molecule has 0 bridgehead atoms. The van der Waals surface area contributed by atoms with Crippen LogP contribution in [0, 0.1) is 0 Å². The van der Waals surface area contributed by atoms with Crippen molar-refractivity contribution < 1.29 is 43.9 Å². The summed E-state index contributed by atoms with van der Waals surface area (Å²) in [4.78, 5) is 29.6. The molecular weight excluding hydrogens is 628 g/mol. The van der Waals surface area contributed by atoms with E-state index in [1.165, 1.54) is 16.7 Å². The van der Waals surface area contributed by atoms with Crippen LogP contribution in [-0.4, -0.2) is 106 Å². The summed E-state index contributed by atoms with van der Waals surface area (Å²) in [6.45, 7) is 7.20. The highest BCUT2D eigenvalue weighted by Gasteiger charge is 2.51. The molecule has 49 heavy (non-hydrogen) atoms. The largest absolute Gasteiger partial charge is 0.444 e. The van der Waals surface area contributed by atoms with Crippen molar-refractivity contribution in [3.8, 4) is 0 Å². The third-order valence-electron chi connectivity index (χ3n) is 8.32. The molecule has 4 rings (SSSR count). The van der Waals surface area contributed by atoms with Gasteiger partial charge in [-0.2, -0.15) is 0 Å². The lowest BCUT2D eigenvalue weighted by molar-refractivity contribution is -0.242. The number of carbonyl (C=O) groups is 2. The van der Waals surface area contributed by atoms with Gasteiger partial charge < -0.3 is 44.1 Å². The highest BCUT2D eigenvalue weighted by molar-refractivity contribution is 5.82. The van der Waals surface area contributed by atoms with Crippen LogP contribution in [0.5, 0.6) is 0 Å². The molecule has 1 saturated heterocycles. The van der Waals surface area contributed by atoms with Gasteiger partial charge in [0.1, 0.15) is 23.4 Å². The van der Waals surface area contributed by atoms with Gasteiger partial charge in [0.05, 0.1) is 32.5 Å². The fraction of sp³-hybridized carbons (Fsp3) is 0.474. The van der Waals surface area contributed by atoms with E-state index in [0.717, 1.165) is 16.7 Å². The second kappa shape index (κ2) is 17.7.